The van der Waals surface area contributed by atoms with E-state index in [2.05, 4.69) is 0 Å². The van der Waals surface area contributed by atoms with Crippen molar-refractivity contribution in [3.05, 3.63) is 89.5 Å². The Labute approximate surface area is 193 Å². The van der Waals surface area contributed by atoms with E-state index in [0.29, 0.717) is 5.69 Å². The standard InChI is InChI=1S/C27H27N3O3/c1-17-9-5-7-11-21(17)29-26(31)23-24(19-13-15-20(16-14-19)28(3)4)30(33-25(23)27(29)32)22-12-8-6-10-18(22)2/h5-16,23-25H,1-4H3/t23-,24+,25+/m1/s1. The number of hydroxylamine groups is 1. The van der Waals surface area contributed by atoms with Gasteiger partial charge >= 0.3 is 0 Å². The highest BCUT2D eigenvalue weighted by Crippen LogP contribution is 2.48. The second kappa shape index (κ2) is 8.05. The molecule has 2 heterocycles. The summed E-state index contributed by atoms with van der Waals surface area (Å²) in [5, 5.41) is 1.76. The number of imide groups is 1. The third-order valence-electron chi connectivity index (χ3n) is 6.58. The number of nitrogens with zero attached hydrogens (tertiary/aromatic N) is 3. The fourth-order valence-corrected chi connectivity index (χ4v) is 4.79. The first-order valence-corrected chi connectivity index (χ1v) is 11.1. The second-order valence-electron chi connectivity index (χ2n) is 8.89. The molecule has 0 aliphatic carbocycles. The van der Waals surface area contributed by atoms with Crippen LogP contribution in [0.5, 0.6) is 0 Å². The van der Waals surface area contributed by atoms with Crippen molar-refractivity contribution in [3.63, 3.8) is 0 Å². The Balaban J connectivity index is 1.60. The second-order valence-corrected chi connectivity index (χ2v) is 8.89. The molecular weight excluding hydrogens is 414 g/mol. The molecule has 0 saturated carbocycles. The highest BCUT2D eigenvalue weighted by Gasteiger charge is 2.60. The summed E-state index contributed by atoms with van der Waals surface area (Å²) >= 11 is 0. The van der Waals surface area contributed by atoms with E-state index in [-0.39, 0.29) is 11.8 Å². The number of rotatable bonds is 4. The first-order valence-electron chi connectivity index (χ1n) is 11.1. The normalized spacial score (nSPS) is 22.1. The van der Waals surface area contributed by atoms with Crippen LogP contribution in [0, 0.1) is 19.8 Å². The molecule has 2 aliphatic heterocycles. The highest BCUT2D eigenvalue weighted by atomic mass is 16.7. The first kappa shape index (κ1) is 21.2. The van der Waals surface area contributed by atoms with Crippen molar-refractivity contribution in [2.24, 2.45) is 5.92 Å². The van der Waals surface area contributed by atoms with Crippen molar-refractivity contribution in [1.29, 1.82) is 0 Å². The van der Waals surface area contributed by atoms with E-state index in [1.807, 2.05) is 106 Å². The van der Waals surface area contributed by atoms with Gasteiger partial charge in [-0.05, 0) is 54.8 Å². The van der Waals surface area contributed by atoms with Crippen molar-refractivity contribution < 1.29 is 14.4 Å². The van der Waals surface area contributed by atoms with E-state index in [0.717, 1.165) is 28.1 Å². The van der Waals surface area contributed by atoms with Gasteiger partial charge in [-0.2, -0.15) is 0 Å². The molecule has 0 N–H and O–H groups in total. The monoisotopic (exact) mass is 441 g/mol. The van der Waals surface area contributed by atoms with E-state index < -0.39 is 18.1 Å². The van der Waals surface area contributed by atoms with Gasteiger partial charge in [0, 0.05) is 19.8 Å². The lowest BCUT2D eigenvalue weighted by Gasteiger charge is -2.30. The van der Waals surface area contributed by atoms with E-state index in [9.17, 15) is 9.59 Å². The Kier molecular flexibility index (Phi) is 5.17. The molecule has 2 amide bonds. The van der Waals surface area contributed by atoms with Gasteiger partial charge in [0.1, 0.15) is 5.92 Å². The number of carbonyl (C=O) groups excluding carboxylic acids is 2. The summed E-state index contributed by atoms with van der Waals surface area (Å²) < 4.78 is 0. The first-order chi connectivity index (χ1) is 15.9. The number of benzene rings is 3. The average Bonchev–Trinajstić information content (AvgIpc) is 3.31. The summed E-state index contributed by atoms with van der Waals surface area (Å²) in [6.45, 7) is 3.91. The molecular formula is C27H27N3O3. The van der Waals surface area contributed by atoms with Gasteiger partial charge in [0.25, 0.3) is 5.91 Å². The van der Waals surface area contributed by atoms with Crippen LogP contribution < -0.4 is 14.9 Å². The quantitative estimate of drug-likeness (QED) is 0.561. The van der Waals surface area contributed by atoms with Gasteiger partial charge in [0.2, 0.25) is 5.91 Å². The summed E-state index contributed by atoms with van der Waals surface area (Å²) in [6.07, 6.45) is -0.866. The Morgan fingerprint density at radius 2 is 1.33 bits per heavy atom. The average molecular weight is 442 g/mol. The third kappa shape index (κ3) is 3.38. The van der Waals surface area contributed by atoms with E-state index >= 15 is 0 Å². The summed E-state index contributed by atoms with van der Waals surface area (Å²) in [7, 11) is 3.98. The predicted molar refractivity (Wildman–Crippen MR) is 129 cm³/mol. The minimum absolute atomic E-state index is 0.225. The van der Waals surface area contributed by atoms with Crippen molar-refractivity contribution >= 4 is 28.9 Å². The number of anilines is 3. The molecule has 3 atom stereocenters. The van der Waals surface area contributed by atoms with Crippen molar-refractivity contribution in [2.45, 2.75) is 26.0 Å². The Morgan fingerprint density at radius 3 is 1.91 bits per heavy atom. The maximum Gasteiger partial charge on any atom is 0.266 e. The van der Waals surface area contributed by atoms with Gasteiger partial charge in [0.15, 0.2) is 6.10 Å². The molecule has 6 heteroatoms. The number of hydrogen-bond donors (Lipinski definition) is 0. The van der Waals surface area contributed by atoms with Crippen LogP contribution in [0.2, 0.25) is 0 Å². The molecule has 6 nitrogen and oxygen atoms in total. The van der Waals surface area contributed by atoms with Crippen LogP contribution in [0.25, 0.3) is 0 Å². The molecule has 3 aromatic rings. The largest absolute Gasteiger partial charge is 0.378 e. The van der Waals surface area contributed by atoms with Crippen LogP contribution in [0.4, 0.5) is 17.1 Å². The van der Waals surface area contributed by atoms with Crippen molar-refractivity contribution in [2.75, 3.05) is 29.0 Å². The molecule has 2 aliphatic rings. The zero-order valence-electron chi connectivity index (χ0n) is 19.2. The molecule has 0 aromatic heterocycles. The summed E-state index contributed by atoms with van der Waals surface area (Å²) in [4.78, 5) is 36.9. The predicted octanol–water partition coefficient (Wildman–Crippen LogP) is 4.42. The molecule has 0 radical (unpaired) electrons. The SMILES string of the molecule is Cc1ccccc1N1C(=O)[C@H]2[C@H](ON(c3ccccc3C)[C@H]2c2ccc(N(C)C)cc2)C1=O. The fourth-order valence-electron chi connectivity index (χ4n) is 4.79. The van der Waals surface area contributed by atoms with Crippen LogP contribution in [0.1, 0.15) is 22.7 Å². The van der Waals surface area contributed by atoms with Gasteiger partial charge in [-0.15, -0.1) is 0 Å². The molecule has 33 heavy (non-hydrogen) atoms. The summed E-state index contributed by atoms with van der Waals surface area (Å²) in [6, 6.07) is 23.0. The fraction of sp³-hybridized carbons (Fsp3) is 0.259. The van der Waals surface area contributed by atoms with Gasteiger partial charge in [-0.3, -0.25) is 14.4 Å². The zero-order valence-corrected chi connectivity index (χ0v) is 19.2. The number of para-hydroxylation sites is 2. The van der Waals surface area contributed by atoms with Gasteiger partial charge in [0.05, 0.1) is 17.4 Å². The van der Waals surface area contributed by atoms with Crippen LogP contribution >= 0.6 is 0 Å². The van der Waals surface area contributed by atoms with Gasteiger partial charge < -0.3 is 4.90 Å². The number of fused-ring (bicyclic) bond motifs is 1. The molecule has 2 fully saturated rings. The maximum atomic E-state index is 13.8. The van der Waals surface area contributed by atoms with Crippen LogP contribution in [0.15, 0.2) is 72.8 Å². The zero-order chi connectivity index (χ0) is 23.3. The summed E-state index contributed by atoms with van der Waals surface area (Å²) in [5.74, 6) is -1.18. The molecule has 2 saturated heterocycles. The lowest BCUT2D eigenvalue weighted by Crippen LogP contribution is -2.37. The lowest BCUT2D eigenvalue weighted by molar-refractivity contribution is -0.126. The summed E-state index contributed by atoms with van der Waals surface area (Å²) in [5.41, 5.74) is 5.37. The lowest BCUT2D eigenvalue weighted by atomic mass is 9.90. The van der Waals surface area contributed by atoms with Crippen molar-refractivity contribution in [1.82, 2.24) is 0 Å². The molecule has 0 bridgehead atoms. The minimum Gasteiger partial charge on any atom is -0.378 e. The molecule has 0 spiro atoms. The van der Waals surface area contributed by atoms with Crippen molar-refractivity contribution in [3.8, 4) is 0 Å². The maximum absolute atomic E-state index is 13.8. The Hall–Kier alpha value is -3.64. The van der Waals surface area contributed by atoms with Crippen LogP contribution in [-0.2, 0) is 14.4 Å². The van der Waals surface area contributed by atoms with E-state index in [4.69, 9.17) is 4.84 Å². The number of hydrogen-bond acceptors (Lipinski definition) is 5. The Bertz CT molecular complexity index is 1220. The molecule has 168 valence electrons. The minimum atomic E-state index is -0.866. The van der Waals surface area contributed by atoms with E-state index in [1.54, 1.807) is 5.06 Å². The number of amides is 2. The number of carbonyl (C=O) groups is 2. The number of aryl methyl sites for hydroxylation is 2. The van der Waals surface area contributed by atoms with Crippen LogP contribution in [0.3, 0.4) is 0 Å². The molecule has 5 rings (SSSR count). The van der Waals surface area contributed by atoms with E-state index in [1.165, 1.54) is 4.90 Å². The molecule has 0 unspecified atom stereocenters. The van der Waals surface area contributed by atoms with Gasteiger partial charge in [-0.25, -0.2) is 9.96 Å². The topological polar surface area (TPSA) is 53.1 Å². The highest BCUT2D eigenvalue weighted by molar-refractivity contribution is 6.24. The Morgan fingerprint density at radius 1 is 0.758 bits per heavy atom. The van der Waals surface area contributed by atoms with Gasteiger partial charge in [-0.1, -0.05) is 48.5 Å². The smallest absolute Gasteiger partial charge is 0.266 e. The van der Waals surface area contributed by atoms with Crippen LogP contribution in [-0.4, -0.2) is 32.0 Å². The third-order valence-corrected chi connectivity index (χ3v) is 6.58. The molecule has 3 aromatic carbocycles.